The van der Waals surface area contributed by atoms with Crippen LogP contribution in [0.4, 0.5) is 5.82 Å². The van der Waals surface area contributed by atoms with Gasteiger partial charge in [-0.05, 0) is 12.1 Å². The summed E-state index contributed by atoms with van der Waals surface area (Å²) in [5.41, 5.74) is 0.0308. The molecule has 4 rings (SSSR count). The minimum Gasteiger partial charge on any atom is -0.545 e. The summed E-state index contributed by atoms with van der Waals surface area (Å²) in [4.78, 5) is 30.6. The number of carboxylic acid groups (broad SMARTS) is 2. The Labute approximate surface area is 206 Å². The van der Waals surface area contributed by atoms with E-state index in [1.54, 1.807) is 0 Å². The monoisotopic (exact) mass is 518 g/mol. The predicted octanol–water partition coefficient (Wildman–Crippen LogP) is -0.252. The van der Waals surface area contributed by atoms with Gasteiger partial charge in [0.05, 0.1) is 34.7 Å². The number of anilines is 1. The largest absolute Gasteiger partial charge is 0.545 e. The van der Waals surface area contributed by atoms with Gasteiger partial charge in [-0.2, -0.15) is 0 Å². The van der Waals surface area contributed by atoms with Crippen molar-refractivity contribution >= 4 is 52.6 Å². The molecule has 0 radical (unpaired) electrons. The Kier molecular flexibility index (Phi) is 11.6. The average Bonchev–Trinajstić information content (AvgIpc) is 2.83. The van der Waals surface area contributed by atoms with Crippen LogP contribution in [0.1, 0.15) is 20.7 Å². The van der Waals surface area contributed by atoms with Crippen LogP contribution in [0.5, 0.6) is 0 Å². The van der Waals surface area contributed by atoms with Crippen molar-refractivity contribution in [3.05, 3.63) is 50.9 Å². The van der Waals surface area contributed by atoms with E-state index in [0.29, 0.717) is 10.8 Å². The molecule has 0 atom stereocenters. The Morgan fingerprint density at radius 3 is 1.97 bits per heavy atom. The van der Waals surface area contributed by atoms with E-state index in [-0.39, 0.29) is 21.3 Å². The number of carbonyl (C=O) groups is 2. The number of aromatic nitrogens is 2. The van der Waals surface area contributed by atoms with Crippen molar-refractivity contribution in [3.8, 4) is 0 Å². The number of carbonyl (C=O) groups excluding carboxylic acids is 1. The van der Waals surface area contributed by atoms with Crippen LogP contribution in [0.3, 0.4) is 0 Å². The lowest BCUT2D eigenvalue weighted by molar-refractivity contribution is -0.657. The third kappa shape index (κ3) is 9.28. The fraction of sp³-hybridized carbons (Fsp3) is 0.400. The topological polar surface area (TPSA) is 147 Å². The number of quaternary nitrogens is 1. The Balaban J connectivity index is 0.000000195. The average molecular weight is 520 g/mol. The van der Waals surface area contributed by atoms with E-state index in [4.69, 9.17) is 39.9 Å². The molecule has 10 nitrogen and oxygen atoms in total. The highest BCUT2D eigenvalue weighted by atomic mass is 35.5. The first-order valence-electron chi connectivity index (χ1n) is 10.2. The molecule has 180 valence electrons. The Bertz CT molecular complexity index is 929. The number of halogens is 3. The molecule has 2 aromatic heterocycles. The van der Waals surface area contributed by atoms with Crippen molar-refractivity contribution in [1.29, 1.82) is 0 Å². The van der Waals surface area contributed by atoms with E-state index >= 15 is 0 Å². The predicted molar refractivity (Wildman–Crippen MR) is 124 cm³/mol. The molecular weight excluding hydrogens is 495 g/mol. The molecule has 0 aromatic carbocycles. The molecule has 2 aromatic rings. The second-order valence-corrected chi connectivity index (χ2v) is 8.14. The number of hydrogen-bond acceptors (Lipinski definition) is 8. The quantitative estimate of drug-likeness (QED) is 0.403. The van der Waals surface area contributed by atoms with Gasteiger partial charge in [0.1, 0.15) is 11.0 Å². The minimum atomic E-state index is -1.26. The van der Waals surface area contributed by atoms with Gasteiger partial charge in [-0.3, -0.25) is 0 Å². The number of nitrogens with zero attached hydrogens (tertiary/aromatic N) is 3. The van der Waals surface area contributed by atoms with E-state index in [1.165, 1.54) is 44.5 Å². The zero-order chi connectivity index (χ0) is 24.2. The molecule has 2 fully saturated rings. The molecule has 2 aliphatic rings. The first-order valence-corrected chi connectivity index (χ1v) is 11.3. The molecule has 0 saturated carbocycles. The number of nitrogens with one attached hydrogen (secondary N) is 2. The van der Waals surface area contributed by atoms with Gasteiger partial charge in [0.15, 0.2) is 0 Å². The van der Waals surface area contributed by atoms with Crippen LogP contribution in [0, 0.1) is 0 Å². The molecule has 5 N–H and O–H groups in total. The van der Waals surface area contributed by atoms with Crippen LogP contribution in [-0.4, -0.2) is 79.4 Å². The third-order valence-corrected chi connectivity index (χ3v) is 5.53. The first kappa shape index (κ1) is 27.0. The van der Waals surface area contributed by atoms with Crippen molar-refractivity contribution in [1.82, 2.24) is 20.6 Å². The number of carboxylic acids is 2. The van der Waals surface area contributed by atoms with E-state index in [2.05, 4.69) is 25.9 Å². The Morgan fingerprint density at radius 2 is 1.52 bits per heavy atom. The highest BCUT2D eigenvalue weighted by molar-refractivity contribution is 6.41. The van der Waals surface area contributed by atoms with Crippen LogP contribution in [0.15, 0.2) is 24.5 Å². The van der Waals surface area contributed by atoms with Gasteiger partial charge in [0, 0.05) is 57.2 Å². The van der Waals surface area contributed by atoms with Gasteiger partial charge in [-0.15, -0.1) is 0 Å². The normalized spacial score (nSPS) is 15.4. The molecule has 0 aliphatic carbocycles. The maximum Gasteiger partial charge on any atom is 0.337 e. The standard InChI is InChI=1S/C10H12ClN3O2.C6H3Cl2NO2.C4H10N2/c11-8-5-7(10(15)16)6-13-9(8)14-3-1-12-2-4-14;7-4-1-3(6(10)11)2-9-5(4)8;1-2-6-4-3-5-1/h5-6,12H,1-4H2,(H,15,16);1-2H,(H,10,11);5-6H,1-4H2. The number of pyridine rings is 2. The molecular formula is C20H25Cl3N6O4. The van der Waals surface area contributed by atoms with Crippen LogP contribution >= 0.6 is 34.8 Å². The van der Waals surface area contributed by atoms with Crippen LogP contribution < -0.4 is 26.0 Å². The summed E-state index contributed by atoms with van der Waals surface area (Å²) >= 11 is 16.9. The lowest BCUT2D eigenvalue weighted by Gasteiger charge is -2.29. The van der Waals surface area contributed by atoms with Crippen LogP contribution in [0.25, 0.3) is 0 Å². The summed E-state index contributed by atoms with van der Waals surface area (Å²) in [7, 11) is 0. The van der Waals surface area contributed by atoms with E-state index < -0.39 is 11.9 Å². The van der Waals surface area contributed by atoms with Crippen molar-refractivity contribution in [2.24, 2.45) is 0 Å². The van der Waals surface area contributed by atoms with Gasteiger partial charge in [0.2, 0.25) is 0 Å². The molecule has 2 aliphatic heterocycles. The summed E-state index contributed by atoms with van der Waals surface area (Å²) in [5, 5.41) is 28.5. The molecule has 0 amide bonds. The minimum absolute atomic E-state index is 0.00360. The summed E-state index contributed by atoms with van der Waals surface area (Å²) in [5.74, 6) is -1.70. The van der Waals surface area contributed by atoms with E-state index in [1.807, 2.05) is 4.90 Å². The van der Waals surface area contributed by atoms with Crippen molar-refractivity contribution in [3.63, 3.8) is 0 Å². The smallest absolute Gasteiger partial charge is 0.337 e. The lowest BCUT2D eigenvalue weighted by atomic mass is 10.2. The number of piperazine rings is 2. The lowest BCUT2D eigenvalue weighted by Crippen LogP contribution is -2.89. The zero-order valence-electron chi connectivity index (χ0n) is 17.7. The van der Waals surface area contributed by atoms with Gasteiger partial charge >= 0.3 is 5.97 Å². The number of rotatable bonds is 3. The SMILES string of the molecule is C1C[NH2+]CCN1.O=C(O)c1cnc(Cl)c(Cl)c1.O=C([O-])c1cnc(N2CCNCC2)c(Cl)c1. The van der Waals surface area contributed by atoms with Crippen molar-refractivity contribution in [2.75, 3.05) is 57.3 Å². The highest BCUT2D eigenvalue weighted by Gasteiger charge is 2.15. The fourth-order valence-electron chi connectivity index (χ4n) is 2.87. The summed E-state index contributed by atoms with van der Waals surface area (Å²) in [6.07, 6.45) is 2.43. The van der Waals surface area contributed by atoms with Crippen molar-refractivity contribution < 1.29 is 25.1 Å². The second-order valence-electron chi connectivity index (χ2n) is 6.97. The molecule has 4 heterocycles. The maximum atomic E-state index is 10.6. The zero-order valence-corrected chi connectivity index (χ0v) is 20.0. The Hall–Kier alpha value is -2.21. The number of nitrogens with two attached hydrogens (primary N) is 1. The molecule has 0 bridgehead atoms. The summed E-state index contributed by atoms with van der Waals surface area (Å²) in [6.45, 7) is 8.30. The van der Waals surface area contributed by atoms with E-state index in [9.17, 15) is 14.7 Å². The number of hydrogen-bond donors (Lipinski definition) is 4. The maximum absolute atomic E-state index is 10.6. The summed E-state index contributed by atoms with van der Waals surface area (Å²) in [6, 6.07) is 2.63. The first-order chi connectivity index (χ1) is 15.8. The van der Waals surface area contributed by atoms with Gasteiger partial charge in [-0.1, -0.05) is 34.8 Å². The van der Waals surface area contributed by atoms with Gasteiger partial charge < -0.3 is 35.9 Å². The fourth-order valence-corrected chi connectivity index (χ4v) is 3.42. The van der Waals surface area contributed by atoms with Crippen LogP contribution in [0.2, 0.25) is 15.2 Å². The highest BCUT2D eigenvalue weighted by Crippen LogP contribution is 2.24. The molecule has 0 unspecified atom stereocenters. The van der Waals surface area contributed by atoms with Crippen LogP contribution in [-0.2, 0) is 0 Å². The Morgan fingerprint density at radius 1 is 0.939 bits per heavy atom. The van der Waals surface area contributed by atoms with Crippen molar-refractivity contribution in [2.45, 2.75) is 0 Å². The van der Waals surface area contributed by atoms with Gasteiger partial charge in [-0.25, -0.2) is 14.8 Å². The molecule has 2 saturated heterocycles. The van der Waals surface area contributed by atoms with E-state index in [0.717, 1.165) is 32.4 Å². The van der Waals surface area contributed by atoms with Gasteiger partial charge in [0.25, 0.3) is 0 Å². The second kappa shape index (κ2) is 14.1. The molecule has 33 heavy (non-hydrogen) atoms. The third-order valence-electron chi connectivity index (χ3n) is 4.57. The molecule has 13 heteroatoms. The number of aromatic carboxylic acids is 2. The molecule has 0 spiro atoms. The summed E-state index contributed by atoms with van der Waals surface area (Å²) < 4.78 is 0.